The first-order chi connectivity index (χ1) is 5.24. The summed E-state index contributed by atoms with van der Waals surface area (Å²) in [5.74, 6) is -0.0358. The third-order valence-electron chi connectivity index (χ3n) is 1.33. The van der Waals surface area contributed by atoms with Crippen molar-refractivity contribution >= 4 is 38.7 Å². The van der Waals surface area contributed by atoms with Crippen LogP contribution in [-0.4, -0.2) is 12.3 Å². The minimum atomic E-state index is -0.0358. The molecule has 0 fully saturated rings. The molecule has 4 heteroatoms. The number of benzene rings is 1. The van der Waals surface area contributed by atoms with Crippen LogP contribution in [0.15, 0.2) is 28.7 Å². The van der Waals surface area contributed by atoms with Crippen molar-refractivity contribution in [1.82, 2.24) is 0 Å². The molecular weight excluding hydrogens is 286 g/mol. The largest absolute Gasteiger partial charge is 0.324 e. The molecule has 1 aromatic carbocycles. The molecule has 0 aromatic heterocycles. The van der Waals surface area contributed by atoms with Gasteiger partial charge in [-0.15, -0.1) is 17.0 Å². The fourth-order valence-electron chi connectivity index (χ4n) is 0.780. The van der Waals surface area contributed by atoms with Crippen LogP contribution in [0.2, 0.25) is 0 Å². The van der Waals surface area contributed by atoms with Crippen LogP contribution in [0.25, 0.3) is 0 Å². The SMILES string of the molecule is Br.NCC(=O)c1cccc(Br)c1. The molecular formula is C8H9Br2NO. The Kier molecular flexibility index (Phi) is 5.37. The maximum atomic E-state index is 11.0. The molecule has 0 atom stereocenters. The molecule has 0 unspecified atom stereocenters. The highest BCUT2D eigenvalue weighted by atomic mass is 79.9. The summed E-state index contributed by atoms with van der Waals surface area (Å²) < 4.78 is 0.900. The maximum Gasteiger partial charge on any atom is 0.176 e. The zero-order valence-electron chi connectivity index (χ0n) is 6.29. The van der Waals surface area contributed by atoms with E-state index in [0.29, 0.717) is 5.56 Å². The van der Waals surface area contributed by atoms with E-state index in [4.69, 9.17) is 5.73 Å². The number of Topliss-reactive ketones (excluding diaryl/α,β-unsaturated/α-hetero) is 1. The molecule has 2 nitrogen and oxygen atoms in total. The molecule has 0 aliphatic rings. The van der Waals surface area contributed by atoms with Gasteiger partial charge in [0, 0.05) is 10.0 Å². The predicted molar refractivity (Wildman–Crippen MR) is 57.8 cm³/mol. The van der Waals surface area contributed by atoms with Crippen LogP contribution in [0.3, 0.4) is 0 Å². The van der Waals surface area contributed by atoms with Crippen LogP contribution in [0.1, 0.15) is 10.4 Å². The third-order valence-corrected chi connectivity index (χ3v) is 1.83. The minimum Gasteiger partial charge on any atom is -0.324 e. The molecule has 0 radical (unpaired) electrons. The molecule has 12 heavy (non-hydrogen) atoms. The van der Waals surface area contributed by atoms with Gasteiger partial charge in [-0.2, -0.15) is 0 Å². The van der Waals surface area contributed by atoms with E-state index in [1.54, 1.807) is 12.1 Å². The summed E-state index contributed by atoms with van der Waals surface area (Å²) in [5, 5.41) is 0. The van der Waals surface area contributed by atoms with Gasteiger partial charge in [-0.3, -0.25) is 4.79 Å². The molecule has 0 spiro atoms. The Hall–Kier alpha value is -0.190. The van der Waals surface area contributed by atoms with Gasteiger partial charge in [0.1, 0.15) is 0 Å². The summed E-state index contributed by atoms with van der Waals surface area (Å²) in [6, 6.07) is 7.19. The molecule has 0 aliphatic carbocycles. The number of hydrogen-bond donors (Lipinski definition) is 1. The second-order valence-electron chi connectivity index (χ2n) is 2.14. The highest BCUT2D eigenvalue weighted by Crippen LogP contribution is 2.11. The van der Waals surface area contributed by atoms with Gasteiger partial charge >= 0.3 is 0 Å². The van der Waals surface area contributed by atoms with E-state index >= 15 is 0 Å². The second kappa shape index (κ2) is 5.45. The molecule has 66 valence electrons. The lowest BCUT2D eigenvalue weighted by molar-refractivity contribution is 0.100. The highest BCUT2D eigenvalue weighted by Gasteiger charge is 2.01. The van der Waals surface area contributed by atoms with Crippen LogP contribution >= 0.6 is 32.9 Å². The lowest BCUT2D eigenvalue weighted by Gasteiger charge is -1.96. The summed E-state index contributed by atoms with van der Waals surface area (Å²) in [6.07, 6.45) is 0. The number of carbonyl (C=O) groups excluding carboxylic acids is 1. The Morgan fingerprint density at radius 2 is 2.17 bits per heavy atom. The number of hydrogen-bond acceptors (Lipinski definition) is 2. The van der Waals surface area contributed by atoms with E-state index in [0.717, 1.165) is 4.47 Å². The zero-order chi connectivity index (χ0) is 8.27. The first-order valence-electron chi connectivity index (χ1n) is 3.23. The van der Waals surface area contributed by atoms with Gasteiger partial charge in [0.05, 0.1) is 6.54 Å². The quantitative estimate of drug-likeness (QED) is 0.850. The topological polar surface area (TPSA) is 43.1 Å². The summed E-state index contributed by atoms with van der Waals surface area (Å²) in [7, 11) is 0. The molecule has 1 rings (SSSR count). The Morgan fingerprint density at radius 3 is 2.67 bits per heavy atom. The Morgan fingerprint density at radius 1 is 1.50 bits per heavy atom. The number of halogens is 2. The zero-order valence-corrected chi connectivity index (χ0v) is 9.59. The Balaban J connectivity index is 0.00000121. The summed E-state index contributed by atoms with van der Waals surface area (Å²) in [4.78, 5) is 11.0. The molecule has 0 bridgehead atoms. The van der Waals surface area contributed by atoms with Crippen LogP contribution in [0.5, 0.6) is 0 Å². The van der Waals surface area contributed by atoms with E-state index in [-0.39, 0.29) is 29.3 Å². The molecule has 0 amide bonds. The Labute approximate surface area is 90.0 Å². The van der Waals surface area contributed by atoms with Crippen molar-refractivity contribution in [2.75, 3.05) is 6.54 Å². The molecule has 0 heterocycles. The van der Waals surface area contributed by atoms with Crippen molar-refractivity contribution in [3.05, 3.63) is 34.3 Å². The normalized spacial score (nSPS) is 8.83. The second-order valence-corrected chi connectivity index (χ2v) is 3.05. The first kappa shape index (κ1) is 11.8. The first-order valence-corrected chi connectivity index (χ1v) is 4.02. The average Bonchev–Trinajstić information content (AvgIpc) is 2.03. The van der Waals surface area contributed by atoms with Crippen molar-refractivity contribution < 1.29 is 4.79 Å². The average molecular weight is 295 g/mol. The maximum absolute atomic E-state index is 11.0. The van der Waals surface area contributed by atoms with Gasteiger partial charge in [0.2, 0.25) is 0 Å². The fraction of sp³-hybridized carbons (Fsp3) is 0.125. The third kappa shape index (κ3) is 3.05. The van der Waals surface area contributed by atoms with Crippen molar-refractivity contribution in [3.8, 4) is 0 Å². The van der Waals surface area contributed by atoms with E-state index in [2.05, 4.69) is 15.9 Å². The monoisotopic (exact) mass is 293 g/mol. The Bertz CT molecular complexity index is 276. The van der Waals surface area contributed by atoms with Crippen LogP contribution < -0.4 is 5.73 Å². The molecule has 0 saturated carbocycles. The fourth-order valence-corrected chi connectivity index (χ4v) is 1.18. The van der Waals surface area contributed by atoms with Crippen LogP contribution in [-0.2, 0) is 0 Å². The van der Waals surface area contributed by atoms with Crippen molar-refractivity contribution in [2.24, 2.45) is 5.73 Å². The van der Waals surface area contributed by atoms with Crippen molar-refractivity contribution in [1.29, 1.82) is 0 Å². The van der Waals surface area contributed by atoms with E-state index in [1.807, 2.05) is 12.1 Å². The van der Waals surface area contributed by atoms with Gasteiger partial charge in [0.25, 0.3) is 0 Å². The highest BCUT2D eigenvalue weighted by molar-refractivity contribution is 9.10. The van der Waals surface area contributed by atoms with Crippen molar-refractivity contribution in [3.63, 3.8) is 0 Å². The number of rotatable bonds is 2. The number of nitrogens with two attached hydrogens (primary N) is 1. The summed E-state index contributed by atoms with van der Waals surface area (Å²) >= 11 is 3.27. The van der Waals surface area contributed by atoms with Gasteiger partial charge in [-0.05, 0) is 12.1 Å². The lowest BCUT2D eigenvalue weighted by Crippen LogP contribution is -2.13. The molecule has 1 aromatic rings. The lowest BCUT2D eigenvalue weighted by atomic mass is 10.1. The van der Waals surface area contributed by atoms with E-state index in [1.165, 1.54) is 0 Å². The number of ketones is 1. The van der Waals surface area contributed by atoms with Gasteiger partial charge in [0.15, 0.2) is 5.78 Å². The standard InChI is InChI=1S/C8H8BrNO.BrH/c9-7-3-1-2-6(4-7)8(11)5-10;/h1-4H,5,10H2;1H. The smallest absolute Gasteiger partial charge is 0.176 e. The number of carbonyl (C=O) groups is 1. The van der Waals surface area contributed by atoms with Gasteiger partial charge < -0.3 is 5.73 Å². The van der Waals surface area contributed by atoms with Crippen LogP contribution in [0.4, 0.5) is 0 Å². The van der Waals surface area contributed by atoms with Gasteiger partial charge in [-0.25, -0.2) is 0 Å². The molecule has 0 aliphatic heterocycles. The van der Waals surface area contributed by atoms with Crippen LogP contribution in [0, 0.1) is 0 Å². The predicted octanol–water partition coefficient (Wildman–Crippen LogP) is 2.17. The molecule has 2 N–H and O–H groups in total. The van der Waals surface area contributed by atoms with E-state index < -0.39 is 0 Å². The molecule has 0 saturated heterocycles. The minimum absolute atomic E-state index is 0. The van der Waals surface area contributed by atoms with Gasteiger partial charge in [-0.1, -0.05) is 28.1 Å². The van der Waals surface area contributed by atoms with Crippen molar-refractivity contribution in [2.45, 2.75) is 0 Å². The van der Waals surface area contributed by atoms with E-state index in [9.17, 15) is 4.79 Å². The summed E-state index contributed by atoms with van der Waals surface area (Å²) in [6.45, 7) is 0.0659. The summed E-state index contributed by atoms with van der Waals surface area (Å²) in [5.41, 5.74) is 5.84.